The number of likely N-dealkylation sites (tertiary alicyclic amines) is 2. The third-order valence-corrected chi connectivity index (χ3v) is 4.13. The molecule has 2 aliphatic heterocycles. The average Bonchev–Trinajstić information content (AvgIpc) is 2.78. The Kier molecular flexibility index (Phi) is 4.78. The zero-order chi connectivity index (χ0) is 13.8. The van der Waals surface area contributed by atoms with Gasteiger partial charge >= 0.3 is 0 Å². The van der Waals surface area contributed by atoms with Crippen LogP contribution < -0.4 is 0 Å². The molecule has 0 aliphatic carbocycles. The van der Waals surface area contributed by atoms with E-state index in [4.69, 9.17) is 5.26 Å². The topological polar surface area (TPSA) is 50.6 Å². The fourth-order valence-electron chi connectivity index (χ4n) is 3.00. The molecule has 0 radical (unpaired) electrons. The number of nitrogens with zero attached hydrogens (tertiary/aromatic N) is 4. The second kappa shape index (κ2) is 6.36. The van der Waals surface area contributed by atoms with Crippen LogP contribution in [0.2, 0.25) is 0 Å². The fraction of sp³-hybridized carbons (Fsp3) is 0.857. The molecule has 0 aromatic heterocycles. The van der Waals surface area contributed by atoms with Crippen molar-refractivity contribution in [2.24, 2.45) is 5.92 Å². The van der Waals surface area contributed by atoms with Crippen LogP contribution in [0.25, 0.3) is 0 Å². The first-order chi connectivity index (χ1) is 9.10. The quantitative estimate of drug-likeness (QED) is 0.737. The van der Waals surface area contributed by atoms with Crippen molar-refractivity contribution < 1.29 is 4.79 Å². The van der Waals surface area contributed by atoms with Gasteiger partial charge in [0.25, 0.3) is 0 Å². The molecule has 2 unspecified atom stereocenters. The van der Waals surface area contributed by atoms with E-state index in [1.54, 1.807) is 0 Å². The number of piperidine rings is 1. The molecule has 0 aromatic carbocycles. The van der Waals surface area contributed by atoms with Crippen molar-refractivity contribution in [3.8, 4) is 6.07 Å². The Balaban J connectivity index is 1.87. The molecular weight excluding hydrogens is 240 g/mol. The second-order valence-electron chi connectivity index (χ2n) is 5.98. The van der Waals surface area contributed by atoms with E-state index in [0.29, 0.717) is 19.0 Å². The lowest BCUT2D eigenvalue weighted by atomic mass is 10.0. The van der Waals surface area contributed by atoms with Gasteiger partial charge in [-0.2, -0.15) is 5.26 Å². The number of hydrogen-bond acceptors (Lipinski definition) is 4. The van der Waals surface area contributed by atoms with E-state index in [1.807, 2.05) is 4.90 Å². The van der Waals surface area contributed by atoms with Crippen LogP contribution in [0.1, 0.15) is 19.3 Å². The summed E-state index contributed by atoms with van der Waals surface area (Å²) in [6.45, 7) is 4.86. The van der Waals surface area contributed by atoms with Crippen LogP contribution in [0.3, 0.4) is 0 Å². The first-order valence-corrected chi connectivity index (χ1v) is 7.16. The molecule has 2 aliphatic rings. The minimum absolute atomic E-state index is 0.0929. The van der Waals surface area contributed by atoms with Crippen LogP contribution in [0.4, 0.5) is 0 Å². The highest BCUT2D eigenvalue weighted by Crippen LogP contribution is 2.24. The summed E-state index contributed by atoms with van der Waals surface area (Å²) in [7, 11) is 4.17. The van der Waals surface area contributed by atoms with Gasteiger partial charge in [0.05, 0.1) is 12.0 Å². The molecule has 0 aromatic rings. The molecule has 0 bridgehead atoms. The molecule has 5 heteroatoms. The van der Waals surface area contributed by atoms with E-state index in [9.17, 15) is 4.79 Å². The number of carbonyl (C=O) groups excluding carboxylic acids is 1. The summed E-state index contributed by atoms with van der Waals surface area (Å²) >= 11 is 0. The summed E-state index contributed by atoms with van der Waals surface area (Å²) in [5.74, 6) is 0.0793. The standard InChI is InChI=1S/C14H24N4O/c1-16(2)6-7-17-5-3-4-13(11-17)18-10-12(9-15)8-14(18)19/h12-13H,3-8,10-11H2,1-2H3. The normalized spacial score (nSPS) is 28.9. The summed E-state index contributed by atoms with van der Waals surface area (Å²) < 4.78 is 0. The fourth-order valence-corrected chi connectivity index (χ4v) is 3.00. The summed E-state index contributed by atoms with van der Waals surface area (Å²) in [4.78, 5) is 18.6. The molecular formula is C14H24N4O. The average molecular weight is 264 g/mol. The highest BCUT2D eigenvalue weighted by Gasteiger charge is 2.36. The summed E-state index contributed by atoms with van der Waals surface area (Å²) in [5, 5.41) is 8.95. The Hall–Kier alpha value is -1.12. The maximum Gasteiger partial charge on any atom is 0.224 e. The van der Waals surface area contributed by atoms with Crippen LogP contribution in [-0.4, -0.2) is 73.5 Å². The van der Waals surface area contributed by atoms with Crippen LogP contribution in [0, 0.1) is 17.2 Å². The Morgan fingerprint density at radius 1 is 1.42 bits per heavy atom. The van der Waals surface area contributed by atoms with E-state index >= 15 is 0 Å². The largest absolute Gasteiger partial charge is 0.337 e. The predicted octanol–water partition coefficient (Wildman–Crippen LogP) is 0.384. The molecule has 0 spiro atoms. The van der Waals surface area contributed by atoms with Gasteiger partial charge in [-0.15, -0.1) is 0 Å². The maximum atomic E-state index is 12.0. The predicted molar refractivity (Wildman–Crippen MR) is 73.4 cm³/mol. The van der Waals surface area contributed by atoms with Gasteiger partial charge in [0.2, 0.25) is 5.91 Å². The molecule has 2 rings (SSSR count). The molecule has 19 heavy (non-hydrogen) atoms. The van der Waals surface area contributed by atoms with Gasteiger partial charge in [-0.05, 0) is 33.5 Å². The molecule has 5 nitrogen and oxygen atoms in total. The van der Waals surface area contributed by atoms with Gasteiger partial charge in [-0.25, -0.2) is 0 Å². The Labute approximate surface area is 115 Å². The molecule has 2 saturated heterocycles. The van der Waals surface area contributed by atoms with Crippen molar-refractivity contribution in [3.63, 3.8) is 0 Å². The lowest BCUT2D eigenvalue weighted by Crippen LogP contribution is -2.49. The second-order valence-corrected chi connectivity index (χ2v) is 5.98. The minimum Gasteiger partial charge on any atom is -0.337 e. The smallest absolute Gasteiger partial charge is 0.224 e. The van der Waals surface area contributed by atoms with Gasteiger partial charge in [0.1, 0.15) is 0 Å². The lowest BCUT2D eigenvalue weighted by Gasteiger charge is -2.38. The first kappa shape index (κ1) is 14.3. The van der Waals surface area contributed by atoms with Crippen LogP contribution in [0.5, 0.6) is 0 Å². The molecule has 106 valence electrons. The summed E-state index contributed by atoms with van der Waals surface area (Å²) in [6.07, 6.45) is 2.66. The number of hydrogen-bond donors (Lipinski definition) is 0. The van der Waals surface area contributed by atoms with Crippen molar-refractivity contribution >= 4 is 5.91 Å². The molecule has 1 amide bonds. The Morgan fingerprint density at radius 3 is 2.84 bits per heavy atom. The van der Waals surface area contributed by atoms with Crippen LogP contribution in [0.15, 0.2) is 0 Å². The van der Waals surface area contributed by atoms with Crippen molar-refractivity contribution in [1.82, 2.24) is 14.7 Å². The summed E-state index contributed by atoms with van der Waals surface area (Å²) in [5.41, 5.74) is 0. The zero-order valence-corrected chi connectivity index (χ0v) is 12.0. The van der Waals surface area contributed by atoms with Gasteiger partial charge in [0.15, 0.2) is 0 Å². The number of amides is 1. The third kappa shape index (κ3) is 3.68. The van der Waals surface area contributed by atoms with Gasteiger partial charge in [0, 0.05) is 38.6 Å². The van der Waals surface area contributed by atoms with Crippen LogP contribution in [-0.2, 0) is 4.79 Å². The van der Waals surface area contributed by atoms with E-state index in [1.165, 1.54) is 0 Å². The molecule has 2 heterocycles. The first-order valence-electron chi connectivity index (χ1n) is 7.16. The monoisotopic (exact) mass is 264 g/mol. The van der Waals surface area contributed by atoms with Crippen molar-refractivity contribution in [1.29, 1.82) is 5.26 Å². The summed E-state index contributed by atoms with van der Waals surface area (Å²) in [6, 6.07) is 2.55. The lowest BCUT2D eigenvalue weighted by molar-refractivity contribution is -0.130. The zero-order valence-electron chi connectivity index (χ0n) is 12.0. The number of rotatable bonds is 4. The number of nitriles is 1. The Bertz CT molecular complexity index is 363. The van der Waals surface area contributed by atoms with Gasteiger partial charge in [-0.1, -0.05) is 0 Å². The van der Waals surface area contributed by atoms with Gasteiger partial charge in [-0.3, -0.25) is 4.79 Å². The maximum absolute atomic E-state index is 12.0. The number of carbonyl (C=O) groups is 1. The number of likely N-dealkylation sites (N-methyl/N-ethyl adjacent to an activating group) is 1. The SMILES string of the molecule is CN(C)CCN1CCCC(N2CC(C#N)CC2=O)C1. The third-order valence-electron chi connectivity index (χ3n) is 4.13. The molecule has 2 atom stereocenters. The Morgan fingerprint density at radius 2 is 2.21 bits per heavy atom. The van der Waals surface area contributed by atoms with E-state index in [2.05, 4.69) is 30.0 Å². The molecule has 0 saturated carbocycles. The molecule has 2 fully saturated rings. The minimum atomic E-state index is -0.0929. The van der Waals surface area contributed by atoms with E-state index < -0.39 is 0 Å². The molecule has 0 N–H and O–H groups in total. The van der Waals surface area contributed by atoms with Crippen molar-refractivity contribution in [2.75, 3.05) is 46.8 Å². The van der Waals surface area contributed by atoms with Crippen molar-refractivity contribution in [2.45, 2.75) is 25.3 Å². The van der Waals surface area contributed by atoms with Gasteiger partial charge < -0.3 is 14.7 Å². The van der Waals surface area contributed by atoms with Crippen molar-refractivity contribution in [3.05, 3.63) is 0 Å². The highest BCUT2D eigenvalue weighted by atomic mass is 16.2. The van der Waals surface area contributed by atoms with Crippen LogP contribution >= 0.6 is 0 Å². The van der Waals surface area contributed by atoms with E-state index in [-0.39, 0.29) is 11.8 Å². The highest BCUT2D eigenvalue weighted by molar-refractivity contribution is 5.79. The van der Waals surface area contributed by atoms with E-state index in [0.717, 1.165) is 39.0 Å².